The van der Waals surface area contributed by atoms with E-state index in [0.717, 1.165) is 24.6 Å². The molecule has 2 unspecified atom stereocenters. The lowest BCUT2D eigenvalue weighted by Gasteiger charge is -2.09. The molecule has 8 heteroatoms. The second-order valence-corrected chi connectivity index (χ2v) is 7.10. The Morgan fingerprint density at radius 2 is 2.15 bits per heavy atom. The first kappa shape index (κ1) is 15.7. The summed E-state index contributed by atoms with van der Waals surface area (Å²) in [5.41, 5.74) is 8.83. The zero-order valence-corrected chi connectivity index (χ0v) is 14.2. The molecule has 0 amide bonds. The van der Waals surface area contributed by atoms with Gasteiger partial charge in [-0.1, -0.05) is 5.21 Å². The van der Waals surface area contributed by atoms with Crippen LogP contribution in [0.2, 0.25) is 0 Å². The molecule has 5 rings (SSSR count). The molecule has 1 aliphatic heterocycles. The first-order valence-corrected chi connectivity index (χ1v) is 8.97. The third kappa shape index (κ3) is 3.02. The number of nitrogens with zero attached hydrogens (tertiary/aromatic N) is 5. The van der Waals surface area contributed by atoms with Gasteiger partial charge < -0.3 is 0 Å². The minimum Gasteiger partial charge on any atom is -0.254 e. The quantitative estimate of drug-likeness (QED) is 0.733. The van der Waals surface area contributed by atoms with E-state index in [4.69, 9.17) is 0 Å². The Labute approximate surface area is 150 Å². The summed E-state index contributed by atoms with van der Waals surface area (Å²) in [6.07, 6.45) is 9.14. The van der Waals surface area contributed by atoms with Crippen molar-refractivity contribution >= 4 is 0 Å². The van der Waals surface area contributed by atoms with Crippen molar-refractivity contribution < 1.29 is 4.39 Å². The van der Waals surface area contributed by atoms with Crippen molar-refractivity contribution in [1.29, 1.82) is 0 Å². The number of hydrazine groups is 1. The Bertz CT molecular complexity index is 900. The lowest BCUT2D eigenvalue weighted by molar-refractivity contribution is 0.447. The summed E-state index contributed by atoms with van der Waals surface area (Å²) >= 11 is 0. The van der Waals surface area contributed by atoms with Crippen LogP contribution < -0.4 is 10.9 Å². The number of benzene rings is 1. The molecule has 3 heterocycles. The second-order valence-electron chi connectivity index (χ2n) is 7.10. The SMILES string of the molecule is Fc1ccc(-n2cccn2)c(-c2cn(CC3CC(C4CC4)NN3)nn2)c1. The molecule has 1 aliphatic carbocycles. The summed E-state index contributed by atoms with van der Waals surface area (Å²) in [7, 11) is 0. The highest BCUT2D eigenvalue weighted by molar-refractivity contribution is 5.69. The molecule has 1 saturated carbocycles. The van der Waals surface area contributed by atoms with Crippen LogP contribution in [-0.4, -0.2) is 36.9 Å². The van der Waals surface area contributed by atoms with Gasteiger partial charge in [-0.25, -0.2) is 9.07 Å². The van der Waals surface area contributed by atoms with Crippen molar-refractivity contribution in [3.05, 3.63) is 48.7 Å². The van der Waals surface area contributed by atoms with Gasteiger partial charge in [-0.3, -0.25) is 15.5 Å². The fourth-order valence-corrected chi connectivity index (χ4v) is 3.64. The Morgan fingerprint density at radius 3 is 2.96 bits per heavy atom. The van der Waals surface area contributed by atoms with Gasteiger partial charge in [0.1, 0.15) is 11.5 Å². The van der Waals surface area contributed by atoms with Gasteiger partial charge in [0.2, 0.25) is 0 Å². The molecule has 3 aromatic rings. The van der Waals surface area contributed by atoms with Crippen molar-refractivity contribution in [2.24, 2.45) is 5.92 Å². The van der Waals surface area contributed by atoms with Gasteiger partial charge in [-0.05, 0) is 49.4 Å². The first-order valence-electron chi connectivity index (χ1n) is 8.97. The molecule has 0 spiro atoms. The van der Waals surface area contributed by atoms with Gasteiger partial charge in [-0.2, -0.15) is 5.10 Å². The van der Waals surface area contributed by atoms with Gasteiger partial charge in [-0.15, -0.1) is 5.10 Å². The van der Waals surface area contributed by atoms with Crippen LogP contribution in [0.15, 0.2) is 42.9 Å². The van der Waals surface area contributed by atoms with E-state index in [2.05, 4.69) is 26.3 Å². The second kappa shape index (κ2) is 6.30. The van der Waals surface area contributed by atoms with Gasteiger partial charge in [0, 0.05) is 30.0 Å². The van der Waals surface area contributed by atoms with Gasteiger partial charge >= 0.3 is 0 Å². The number of hydrogen-bond donors (Lipinski definition) is 2. The summed E-state index contributed by atoms with van der Waals surface area (Å²) in [4.78, 5) is 0. The Hall–Kier alpha value is -2.58. The molecule has 134 valence electrons. The first-order chi connectivity index (χ1) is 12.8. The van der Waals surface area contributed by atoms with E-state index in [1.807, 2.05) is 23.1 Å². The van der Waals surface area contributed by atoms with Crippen molar-refractivity contribution in [2.75, 3.05) is 0 Å². The number of halogens is 1. The topological polar surface area (TPSA) is 72.6 Å². The summed E-state index contributed by atoms with van der Waals surface area (Å²) < 4.78 is 17.4. The van der Waals surface area contributed by atoms with E-state index in [9.17, 15) is 4.39 Å². The molecule has 0 bridgehead atoms. The normalized spacial score (nSPS) is 22.8. The van der Waals surface area contributed by atoms with E-state index in [1.165, 1.54) is 25.0 Å². The third-order valence-electron chi connectivity index (χ3n) is 5.13. The van der Waals surface area contributed by atoms with E-state index in [-0.39, 0.29) is 5.82 Å². The van der Waals surface area contributed by atoms with Crippen LogP contribution in [0, 0.1) is 11.7 Å². The van der Waals surface area contributed by atoms with Crippen molar-refractivity contribution in [3.8, 4) is 16.9 Å². The van der Waals surface area contributed by atoms with Crippen LogP contribution in [0.1, 0.15) is 19.3 Å². The van der Waals surface area contributed by atoms with E-state index in [1.54, 1.807) is 16.9 Å². The van der Waals surface area contributed by atoms with Gasteiger partial charge in [0.05, 0.1) is 18.4 Å². The number of nitrogens with one attached hydrogen (secondary N) is 2. The number of hydrogen-bond acceptors (Lipinski definition) is 5. The molecule has 2 aliphatic rings. The lowest BCUT2D eigenvalue weighted by Crippen LogP contribution is -2.35. The molecule has 2 N–H and O–H groups in total. The maximum atomic E-state index is 13.8. The molecule has 26 heavy (non-hydrogen) atoms. The third-order valence-corrected chi connectivity index (χ3v) is 5.13. The molecular weight excluding hydrogens is 333 g/mol. The number of aromatic nitrogens is 5. The maximum Gasteiger partial charge on any atom is 0.124 e. The molecule has 2 aromatic heterocycles. The average molecular weight is 353 g/mol. The van der Waals surface area contributed by atoms with E-state index < -0.39 is 0 Å². The highest BCUT2D eigenvalue weighted by atomic mass is 19.1. The minimum absolute atomic E-state index is 0.306. The van der Waals surface area contributed by atoms with E-state index >= 15 is 0 Å². The average Bonchev–Trinajstić information content (AvgIpc) is 3.07. The Kier molecular flexibility index (Phi) is 3.79. The highest BCUT2D eigenvalue weighted by Gasteiger charge is 2.36. The maximum absolute atomic E-state index is 13.8. The monoisotopic (exact) mass is 353 g/mol. The molecule has 1 aromatic carbocycles. The van der Waals surface area contributed by atoms with Crippen LogP contribution in [0.3, 0.4) is 0 Å². The van der Waals surface area contributed by atoms with Gasteiger partial charge in [0.25, 0.3) is 0 Å². The molecule has 7 nitrogen and oxygen atoms in total. The zero-order chi connectivity index (χ0) is 17.5. The van der Waals surface area contributed by atoms with Crippen LogP contribution in [-0.2, 0) is 6.54 Å². The van der Waals surface area contributed by atoms with Crippen molar-refractivity contribution in [3.63, 3.8) is 0 Å². The number of rotatable bonds is 5. The Balaban J connectivity index is 1.38. The van der Waals surface area contributed by atoms with Crippen LogP contribution in [0.25, 0.3) is 16.9 Å². The highest BCUT2D eigenvalue weighted by Crippen LogP contribution is 2.35. The molecule has 2 fully saturated rings. The van der Waals surface area contributed by atoms with Crippen LogP contribution in [0.5, 0.6) is 0 Å². The predicted molar refractivity (Wildman–Crippen MR) is 93.7 cm³/mol. The molecular formula is C18H20FN7. The standard InChI is InChI=1S/C18H20FN7/c19-13-4-5-18(26-7-1-6-20-26)15(8-13)17-11-25(24-23-17)10-14-9-16(22-21-14)12-2-3-12/h1,4-8,11-12,14,16,21-22H,2-3,9-10H2. The minimum atomic E-state index is -0.306. The Morgan fingerprint density at radius 1 is 1.23 bits per heavy atom. The van der Waals surface area contributed by atoms with Crippen molar-refractivity contribution in [2.45, 2.75) is 37.9 Å². The fraction of sp³-hybridized carbons (Fsp3) is 0.389. The summed E-state index contributed by atoms with van der Waals surface area (Å²) in [6.45, 7) is 0.732. The summed E-state index contributed by atoms with van der Waals surface area (Å²) in [6, 6.07) is 7.34. The molecule has 1 saturated heterocycles. The summed E-state index contributed by atoms with van der Waals surface area (Å²) in [5.74, 6) is 0.516. The lowest BCUT2D eigenvalue weighted by atomic mass is 10.1. The molecule has 0 radical (unpaired) electrons. The van der Waals surface area contributed by atoms with E-state index in [0.29, 0.717) is 23.3 Å². The predicted octanol–water partition coefficient (Wildman–Crippen LogP) is 1.91. The van der Waals surface area contributed by atoms with Gasteiger partial charge in [0.15, 0.2) is 0 Å². The molecule has 2 atom stereocenters. The summed E-state index contributed by atoms with van der Waals surface area (Å²) in [5, 5.41) is 12.7. The smallest absolute Gasteiger partial charge is 0.124 e. The fourth-order valence-electron chi connectivity index (χ4n) is 3.64. The zero-order valence-electron chi connectivity index (χ0n) is 14.2. The van der Waals surface area contributed by atoms with Crippen LogP contribution in [0.4, 0.5) is 4.39 Å². The largest absolute Gasteiger partial charge is 0.254 e. The van der Waals surface area contributed by atoms with Crippen LogP contribution >= 0.6 is 0 Å². The van der Waals surface area contributed by atoms with Crippen molar-refractivity contribution in [1.82, 2.24) is 35.6 Å².